The van der Waals surface area contributed by atoms with Gasteiger partial charge in [-0.1, -0.05) is 50.6 Å². The van der Waals surface area contributed by atoms with Crippen LogP contribution in [0.1, 0.15) is 63.3 Å². The zero-order valence-corrected chi connectivity index (χ0v) is 19.3. The van der Waals surface area contributed by atoms with Gasteiger partial charge in [-0.2, -0.15) is 0 Å². The molecule has 1 saturated carbocycles. The van der Waals surface area contributed by atoms with E-state index in [0.29, 0.717) is 18.4 Å². The SMILES string of the molecule is CC(C)c1ccccc1OCCn1c(CCCCCNC(=O)C2CC2)nc2ccccc21. The Balaban J connectivity index is 1.32. The van der Waals surface area contributed by atoms with E-state index in [1.807, 2.05) is 12.1 Å². The first-order chi connectivity index (χ1) is 15.6. The highest BCUT2D eigenvalue weighted by molar-refractivity contribution is 5.80. The average molecular weight is 434 g/mol. The number of nitrogens with zero attached hydrogens (tertiary/aromatic N) is 2. The summed E-state index contributed by atoms with van der Waals surface area (Å²) >= 11 is 0. The van der Waals surface area contributed by atoms with E-state index >= 15 is 0 Å². The average Bonchev–Trinajstić information content (AvgIpc) is 3.59. The van der Waals surface area contributed by atoms with Gasteiger partial charge in [-0.05, 0) is 55.4 Å². The summed E-state index contributed by atoms with van der Waals surface area (Å²) in [5.74, 6) is 3.07. The number of para-hydroxylation sites is 3. The molecule has 1 heterocycles. The van der Waals surface area contributed by atoms with Gasteiger partial charge in [0.2, 0.25) is 5.91 Å². The molecule has 2 aromatic carbocycles. The van der Waals surface area contributed by atoms with E-state index in [-0.39, 0.29) is 5.91 Å². The number of hydrogen-bond acceptors (Lipinski definition) is 3. The molecular formula is C27H35N3O2. The standard InChI is InChI=1S/C27H35N3O2/c1-20(2)22-10-5-8-13-25(22)32-19-18-30-24-12-7-6-11-23(24)29-26(30)14-4-3-9-17-28-27(31)21-15-16-21/h5-8,10-13,20-21H,3-4,9,14-19H2,1-2H3,(H,28,31). The van der Waals surface area contributed by atoms with Crippen LogP contribution in [0.2, 0.25) is 0 Å². The predicted molar refractivity (Wildman–Crippen MR) is 129 cm³/mol. The van der Waals surface area contributed by atoms with Crippen LogP contribution in [0.5, 0.6) is 5.75 Å². The van der Waals surface area contributed by atoms with Gasteiger partial charge < -0.3 is 14.6 Å². The minimum atomic E-state index is 0.242. The van der Waals surface area contributed by atoms with Crippen molar-refractivity contribution in [2.45, 2.75) is 64.8 Å². The van der Waals surface area contributed by atoms with E-state index in [1.54, 1.807) is 0 Å². The first-order valence-corrected chi connectivity index (χ1v) is 12.1. The molecule has 0 atom stereocenters. The summed E-state index contributed by atoms with van der Waals surface area (Å²) < 4.78 is 8.50. The summed E-state index contributed by atoms with van der Waals surface area (Å²) in [5, 5.41) is 3.06. The maximum atomic E-state index is 11.7. The van der Waals surface area contributed by atoms with Crippen molar-refractivity contribution in [1.82, 2.24) is 14.9 Å². The maximum Gasteiger partial charge on any atom is 0.223 e. The van der Waals surface area contributed by atoms with Gasteiger partial charge in [0.05, 0.1) is 17.6 Å². The monoisotopic (exact) mass is 433 g/mol. The predicted octanol–water partition coefficient (Wildman–Crippen LogP) is 5.48. The highest BCUT2D eigenvalue weighted by Crippen LogP contribution is 2.28. The fourth-order valence-electron chi connectivity index (χ4n) is 4.19. The topological polar surface area (TPSA) is 56.1 Å². The van der Waals surface area contributed by atoms with Crippen LogP contribution in [0, 0.1) is 5.92 Å². The molecule has 0 radical (unpaired) electrons. The Hall–Kier alpha value is -2.82. The van der Waals surface area contributed by atoms with Crippen molar-refractivity contribution in [3.8, 4) is 5.75 Å². The molecule has 0 aliphatic heterocycles. The minimum Gasteiger partial charge on any atom is -0.491 e. The fraction of sp³-hybridized carbons (Fsp3) is 0.481. The molecule has 0 spiro atoms. The smallest absolute Gasteiger partial charge is 0.223 e. The normalized spacial score (nSPS) is 13.6. The van der Waals surface area contributed by atoms with Crippen LogP contribution in [0.4, 0.5) is 0 Å². The van der Waals surface area contributed by atoms with Gasteiger partial charge in [-0.15, -0.1) is 0 Å². The van der Waals surface area contributed by atoms with Crippen LogP contribution < -0.4 is 10.1 Å². The highest BCUT2D eigenvalue weighted by Gasteiger charge is 2.28. The second-order valence-electron chi connectivity index (χ2n) is 9.09. The molecule has 5 heteroatoms. The van der Waals surface area contributed by atoms with Gasteiger partial charge in [0.25, 0.3) is 0 Å². The van der Waals surface area contributed by atoms with Crippen molar-refractivity contribution in [2.75, 3.05) is 13.2 Å². The number of unbranched alkanes of at least 4 members (excludes halogenated alkanes) is 2. The first kappa shape index (κ1) is 22.4. The number of aryl methyl sites for hydroxylation is 1. The van der Waals surface area contributed by atoms with Crippen molar-refractivity contribution in [3.05, 3.63) is 59.9 Å². The van der Waals surface area contributed by atoms with E-state index in [9.17, 15) is 4.79 Å². The van der Waals surface area contributed by atoms with Gasteiger partial charge in [-0.3, -0.25) is 4.79 Å². The van der Waals surface area contributed by atoms with Crippen LogP contribution in [0.25, 0.3) is 11.0 Å². The largest absolute Gasteiger partial charge is 0.491 e. The number of carbonyl (C=O) groups is 1. The van der Waals surface area contributed by atoms with Crippen molar-refractivity contribution >= 4 is 16.9 Å². The molecule has 5 nitrogen and oxygen atoms in total. The van der Waals surface area contributed by atoms with Crippen LogP contribution >= 0.6 is 0 Å². The molecule has 3 aromatic rings. The van der Waals surface area contributed by atoms with Crippen LogP contribution in [0.15, 0.2) is 48.5 Å². The summed E-state index contributed by atoms with van der Waals surface area (Å²) in [6.07, 6.45) is 6.25. The molecule has 170 valence electrons. The number of rotatable bonds is 12. The molecule has 0 bridgehead atoms. The number of nitrogens with one attached hydrogen (secondary N) is 1. The van der Waals surface area contributed by atoms with E-state index in [4.69, 9.17) is 9.72 Å². The molecule has 0 unspecified atom stereocenters. The van der Waals surface area contributed by atoms with Gasteiger partial charge in [0, 0.05) is 18.9 Å². The Morgan fingerprint density at radius 3 is 2.69 bits per heavy atom. The minimum absolute atomic E-state index is 0.242. The Labute approximate surface area is 191 Å². The van der Waals surface area contributed by atoms with Gasteiger partial charge >= 0.3 is 0 Å². The summed E-state index contributed by atoms with van der Waals surface area (Å²) in [5.41, 5.74) is 3.46. The molecule has 1 N–H and O–H groups in total. The van der Waals surface area contributed by atoms with Crippen molar-refractivity contribution in [2.24, 2.45) is 5.92 Å². The second kappa shape index (κ2) is 10.7. The van der Waals surface area contributed by atoms with E-state index in [1.165, 1.54) is 11.1 Å². The van der Waals surface area contributed by atoms with Gasteiger partial charge in [0.15, 0.2) is 0 Å². The third-order valence-electron chi connectivity index (χ3n) is 6.17. The van der Waals surface area contributed by atoms with Gasteiger partial charge in [-0.25, -0.2) is 4.98 Å². The van der Waals surface area contributed by atoms with Crippen molar-refractivity contribution in [1.29, 1.82) is 0 Å². The molecule has 4 rings (SSSR count). The molecule has 1 aliphatic rings. The molecule has 0 saturated heterocycles. The third-order valence-corrected chi connectivity index (χ3v) is 6.17. The van der Waals surface area contributed by atoms with E-state index in [2.05, 4.69) is 60.1 Å². The summed E-state index contributed by atoms with van der Waals surface area (Å²) in [4.78, 5) is 16.6. The Morgan fingerprint density at radius 1 is 1.09 bits per heavy atom. The number of amides is 1. The second-order valence-corrected chi connectivity index (χ2v) is 9.09. The highest BCUT2D eigenvalue weighted by atomic mass is 16.5. The zero-order chi connectivity index (χ0) is 22.3. The number of ether oxygens (including phenoxy) is 1. The summed E-state index contributed by atoms with van der Waals surface area (Å²) in [7, 11) is 0. The lowest BCUT2D eigenvalue weighted by Crippen LogP contribution is -2.25. The van der Waals surface area contributed by atoms with E-state index in [0.717, 1.165) is 68.7 Å². The zero-order valence-electron chi connectivity index (χ0n) is 19.3. The molecular weight excluding hydrogens is 398 g/mol. The number of carbonyl (C=O) groups excluding carboxylic acids is 1. The number of hydrogen-bond donors (Lipinski definition) is 1. The summed E-state index contributed by atoms with van der Waals surface area (Å²) in [6.45, 7) is 6.57. The lowest BCUT2D eigenvalue weighted by atomic mass is 10.0. The van der Waals surface area contributed by atoms with Gasteiger partial charge in [0.1, 0.15) is 18.2 Å². The number of benzene rings is 2. The molecule has 1 fully saturated rings. The fourth-order valence-corrected chi connectivity index (χ4v) is 4.19. The molecule has 32 heavy (non-hydrogen) atoms. The molecule has 1 amide bonds. The number of aromatic nitrogens is 2. The Bertz CT molecular complexity index is 1040. The lowest BCUT2D eigenvalue weighted by Gasteiger charge is -2.15. The molecule has 1 aliphatic carbocycles. The van der Waals surface area contributed by atoms with Crippen LogP contribution in [-0.2, 0) is 17.8 Å². The first-order valence-electron chi connectivity index (χ1n) is 12.1. The number of fused-ring (bicyclic) bond motifs is 1. The third kappa shape index (κ3) is 5.70. The number of imidazole rings is 1. The molecule has 1 aromatic heterocycles. The lowest BCUT2D eigenvalue weighted by molar-refractivity contribution is -0.122. The maximum absolute atomic E-state index is 11.7. The van der Waals surface area contributed by atoms with E-state index < -0.39 is 0 Å². The summed E-state index contributed by atoms with van der Waals surface area (Å²) in [6, 6.07) is 16.6. The van der Waals surface area contributed by atoms with Crippen LogP contribution in [0.3, 0.4) is 0 Å². The Kier molecular flexibility index (Phi) is 7.46. The van der Waals surface area contributed by atoms with Crippen molar-refractivity contribution < 1.29 is 9.53 Å². The Morgan fingerprint density at radius 2 is 1.88 bits per heavy atom. The van der Waals surface area contributed by atoms with Crippen LogP contribution in [-0.4, -0.2) is 28.6 Å². The van der Waals surface area contributed by atoms with Crippen molar-refractivity contribution in [3.63, 3.8) is 0 Å². The quantitative estimate of drug-likeness (QED) is 0.385.